The Hall–Kier alpha value is -0.570. The van der Waals surface area contributed by atoms with Crippen LogP contribution in [-0.4, -0.2) is 11.9 Å². The van der Waals surface area contributed by atoms with E-state index in [-0.39, 0.29) is 11.2 Å². The minimum Gasteiger partial charge on any atom is -0.494 e. The largest absolute Gasteiger partial charge is 0.494 e. The van der Waals surface area contributed by atoms with Crippen LogP contribution in [0.5, 0.6) is 5.75 Å². The summed E-state index contributed by atoms with van der Waals surface area (Å²) in [5, 5.41) is 0. The first-order chi connectivity index (χ1) is 7.38. The third kappa shape index (κ3) is 2.97. The molecule has 0 bridgehead atoms. The van der Waals surface area contributed by atoms with Crippen molar-refractivity contribution in [3.8, 4) is 5.75 Å². The third-order valence-electron chi connectivity index (χ3n) is 2.70. The van der Waals surface area contributed by atoms with Gasteiger partial charge in [-0.25, -0.2) is 4.39 Å². The van der Waals surface area contributed by atoms with Gasteiger partial charge < -0.3 is 4.74 Å². The zero-order valence-electron chi connectivity index (χ0n) is 10.2. The molecule has 0 spiro atoms. The molecule has 1 nitrogen and oxygen atoms in total. The summed E-state index contributed by atoms with van der Waals surface area (Å²) in [6, 6.07) is 5.30. The Kier molecular flexibility index (Phi) is 4.36. The topological polar surface area (TPSA) is 9.23 Å². The number of halogens is 2. The summed E-state index contributed by atoms with van der Waals surface area (Å²) in [5.74, 6) is 0.0657. The summed E-state index contributed by atoms with van der Waals surface area (Å²) < 4.78 is 19.1. The van der Waals surface area contributed by atoms with Crippen LogP contribution in [-0.2, 0) is 5.41 Å². The fraction of sp³-hybridized carbons (Fsp3) is 0.538. The third-order valence-corrected chi connectivity index (χ3v) is 3.03. The number of rotatable bonds is 4. The van der Waals surface area contributed by atoms with E-state index in [1.54, 1.807) is 6.07 Å². The highest BCUT2D eigenvalue weighted by Gasteiger charge is 2.27. The molecule has 0 radical (unpaired) electrons. The zero-order valence-corrected chi connectivity index (χ0v) is 11.8. The molecular weight excluding hydrogens is 271 g/mol. The van der Waals surface area contributed by atoms with Gasteiger partial charge in [-0.3, -0.25) is 0 Å². The highest BCUT2D eigenvalue weighted by molar-refractivity contribution is 9.09. The normalized spacial score (nSPS) is 13.6. The summed E-state index contributed by atoms with van der Waals surface area (Å²) in [5.41, 5.74) is 0.500. The fourth-order valence-corrected chi connectivity index (χ4v) is 2.81. The average Bonchev–Trinajstić information content (AvgIpc) is 2.15. The number of alkyl halides is 1. The van der Waals surface area contributed by atoms with Gasteiger partial charge in [-0.1, -0.05) is 48.8 Å². The molecule has 0 fully saturated rings. The second-order valence-corrected chi connectivity index (χ2v) is 6.25. The molecular formula is C13H18BrFO. The smallest absolute Gasteiger partial charge is 0.168 e. The van der Waals surface area contributed by atoms with E-state index in [4.69, 9.17) is 4.74 Å². The van der Waals surface area contributed by atoms with Crippen LogP contribution in [0.25, 0.3) is 0 Å². The van der Waals surface area contributed by atoms with Crippen LogP contribution in [0.4, 0.5) is 4.39 Å². The lowest BCUT2D eigenvalue weighted by Crippen LogP contribution is -2.22. The van der Waals surface area contributed by atoms with Crippen LogP contribution >= 0.6 is 15.9 Å². The maximum absolute atomic E-state index is 14.1. The van der Waals surface area contributed by atoms with Crippen LogP contribution in [0, 0.1) is 5.82 Å². The van der Waals surface area contributed by atoms with Gasteiger partial charge in [0.05, 0.1) is 7.11 Å². The maximum atomic E-state index is 14.1. The van der Waals surface area contributed by atoms with E-state index in [2.05, 4.69) is 22.9 Å². The molecule has 1 aromatic carbocycles. The summed E-state index contributed by atoms with van der Waals surface area (Å²) in [6.07, 6.45) is 0.872. The first kappa shape index (κ1) is 13.5. The van der Waals surface area contributed by atoms with Crippen molar-refractivity contribution < 1.29 is 9.13 Å². The standard InChI is InChI=1S/C13H18BrFO/c1-9(14)8-13(2,3)10-6-5-7-11(16-4)12(10)15/h5-7,9H,8H2,1-4H3. The van der Waals surface area contributed by atoms with E-state index < -0.39 is 0 Å². The SMILES string of the molecule is COc1cccc(C(C)(C)CC(C)Br)c1F. The molecule has 0 aliphatic heterocycles. The van der Waals surface area contributed by atoms with Crippen LogP contribution in [0.2, 0.25) is 0 Å². The minimum atomic E-state index is -0.247. The summed E-state index contributed by atoms with van der Waals surface area (Å²) in [4.78, 5) is 0.355. The van der Waals surface area contributed by atoms with Crippen molar-refractivity contribution in [2.24, 2.45) is 0 Å². The molecule has 0 heterocycles. The number of ether oxygens (including phenoxy) is 1. The van der Waals surface area contributed by atoms with Gasteiger partial charge in [-0.15, -0.1) is 0 Å². The average molecular weight is 289 g/mol. The van der Waals surface area contributed by atoms with Crippen molar-refractivity contribution in [3.63, 3.8) is 0 Å². The predicted molar refractivity (Wildman–Crippen MR) is 69.0 cm³/mol. The molecule has 1 unspecified atom stereocenters. The van der Waals surface area contributed by atoms with Crippen molar-refractivity contribution in [1.82, 2.24) is 0 Å². The number of benzene rings is 1. The highest BCUT2D eigenvalue weighted by Crippen LogP contribution is 2.35. The maximum Gasteiger partial charge on any atom is 0.168 e. The second-order valence-electron chi connectivity index (χ2n) is 4.69. The van der Waals surface area contributed by atoms with E-state index in [0.717, 1.165) is 6.42 Å². The van der Waals surface area contributed by atoms with Crippen molar-refractivity contribution in [1.29, 1.82) is 0 Å². The Morgan fingerprint density at radius 2 is 2.06 bits per heavy atom. The molecule has 0 aliphatic rings. The zero-order chi connectivity index (χ0) is 12.3. The molecule has 90 valence electrons. The van der Waals surface area contributed by atoms with Crippen LogP contribution in [0.15, 0.2) is 18.2 Å². The first-order valence-electron chi connectivity index (χ1n) is 5.35. The molecule has 1 aromatic rings. The molecule has 0 amide bonds. The molecule has 0 aromatic heterocycles. The molecule has 1 rings (SSSR count). The van der Waals surface area contributed by atoms with Crippen molar-refractivity contribution >= 4 is 15.9 Å². The monoisotopic (exact) mass is 288 g/mol. The van der Waals surface area contributed by atoms with Crippen molar-refractivity contribution in [2.75, 3.05) is 7.11 Å². The summed E-state index contributed by atoms with van der Waals surface area (Å²) >= 11 is 3.51. The Morgan fingerprint density at radius 1 is 1.44 bits per heavy atom. The molecule has 0 saturated carbocycles. The lowest BCUT2D eigenvalue weighted by Gasteiger charge is -2.27. The molecule has 3 heteroatoms. The van der Waals surface area contributed by atoms with Crippen LogP contribution in [0.1, 0.15) is 32.8 Å². The Morgan fingerprint density at radius 3 is 2.56 bits per heavy atom. The van der Waals surface area contributed by atoms with Gasteiger partial charge in [0.2, 0.25) is 0 Å². The minimum absolute atomic E-state index is 0.207. The van der Waals surface area contributed by atoms with Gasteiger partial charge in [0.25, 0.3) is 0 Å². The van der Waals surface area contributed by atoms with Crippen LogP contribution in [0.3, 0.4) is 0 Å². The van der Waals surface area contributed by atoms with Gasteiger partial charge in [0, 0.05) is 4.83 Å². The molecule has 0 N–H and O–H groups in total. The number of hydrogen-bond acceptors (Lipinski definition) is 1. The Labute approximate surface area is 105 Å². The van der Waals surface area contributed by atoms with E-state index in [1.165, 1.54) is 7.11 Å². The van der Waals surface area contributed by atoms with Gasteiger partial charge in [-0.2, -0.15) is 0 Å². The fourth-order valence-electron chi connectivity index (χ4n) is 2.00. The van der Waals surface area contributed by atoms with E-state index >= 15 is 0 Å². The molecule has 0 saturated heterocycles. The lowest BCUT2D eigenvalue weighted by molar-refractivity contribution is 0.372. The van der Waals surface area contributed by atoms with Gasteiger partial charge in [-0.05, 0) is 23.5 Å². The van der Waals surface area contributed by atoms with Gasteiger partial charge >= 0.3 is 0 Å². The number of methoxy groups -OCH3 is 1. The van der Waals surface area contributed by atoms with E-state index in [0.29, 0.717) is 16.1 Å². The molecule has 16 heavy (non-hydrogen) atoms. The number of hydrogen-bond donors (Lipinski definition) is 0. The summed E-state index contributed by atoms with van der Waals surface area (Å²) in [6.45, 7) is 6.16. The quantitative estimate of drug-likeness (QED) is 0.751. The molecule has 1 atom stereocenters. The highest BCUT2D eigenvalue weighted by atomic mass is 79.9. The van der Waals surface area contributed by atoms with E-state index in [1.807, 2.05) is 26.0 Å². The predicted octanol–water partition coefficient (Wildman–Crippen LogP) is 4.29. The Balaban J connectivity index is 3.12. The van der Waals surface area contributed by atoms with Gasteiger partial charge in [0.1, 0.15) is 0 Å². The van der Waals surface area contributed by atoms with Gasteiger partial charge in [0.15, 0.2) is 11.6 Å². The molecule has 0 aliphatic carbocycles. The van der Waals surface area contributed by atoms with E-state index in [9.17, 15) is 4.39 Å². The Bertz CT molecular complexity index is 361. The summed E-state index contributed by atoms with van der Waals surface area (Å²) in [7, 11) is 1.49. The van der Waals surface area contributed by atoms with Crippen molar-refractivity contribution in [2.45, 2.75) is 37.4 Å². The second kappa shape index (κ2) is 5.17. The lowest BCUT2D eigenvalue weighted by atomic mass is 9.80. The first-order valence-corrected chi connectivity index (χ1v) is 6.27. The van der Waals surface area contributed by atoms with Crippen molar-refractivity contribution in [3.05, 3.63) is 29.6 Å². The van der Waals surface area contributed by atoms with Crippen LogP contribution < -0.4 is 4.74 Å².